The molecule has 0 heterocycles. The summed E-state index contributed by atoms with van der Waals surface area (Å²) in [7, 11) is 3.97. The molecule has 0 spiro atoms. The largest absolute Gasteiger partial charge is 0.375 e. The van der Waals surface area contributed by atoms with Gasteiger partial charge in [-0.2, -0.15) is 0 Å². The number of nitrogens with zero attached hydrogens (tertiary/aromatic N) is 2. The number of nitro groups is 1. The number of halogens is 1. The molecule has 0 saturated heterocycles. The molecule has 0 saturated carbocycles. The van der Waals surface area contributed by atoms with E-state index in [1.54, 1.807) is 6.07 Å². The molecule has 1 atom stereocenters. The first kappa shape index (κ1) is 16.7. The second kappa shape index (κ2) is 7.45. The fraction of sp³-hybridized carbons (Fsp3) is 0.571. The molecule has 0 bridgehead atoms. The molecule has 0 amide bonds. The van der Waals surface area contributed by atoms with Gasteiger partial charge >= 0.3 is 0 Å². The number of benzene rings is 1. The van der Waals surface area contributed by atoms with Crippen molar-refractivity contribution >= 4 is 23.0 Å². The van der Waals surface area contributed by atoms with Crippen molar-refractivity contribution in [2.45, 2.75) is 26.3 Å². The molecule has 0 fully saturated rings. The smallest absolute Gasteiger partial charge is 0.292 e. The van der Waals surface area contributed by atoms with Crippen LogP contribution in [-0.2, 0) is 0 Å². The van der Waals surface area contributed by atoms with Crippen molar-refractivity contribution in [3.63, 3.8) is 0 Å². The summed E-state index contributed by atoms with van der Waals surface area (Å²) in [6.45, 7) is 5.08. The molecule has 112 valence electrons. The average molecular weight is 300 g/mol. The Balaban J connectivity index is 2.96. The van der Waals surface area contributed by atoms with Crippen LogP contribution in [0, 0.1) is 16.0 Å². The molecule has 0 aliphatic carbocycles. The normalized spacial score (nSPS) is 12.8. The van der Waals surface area contributed by atoms with Crippen molar-refractivity contribution in [3.8, 4) is 0 Å². The van der Waals surface area contributed by atoms with Crippen LogP contribution in [0.2, 0.25) is 5.02 Å². The number of hydrogen-bond acceptors (Lipinski definition) is 4. The predicted molar refractivity (Wildman–Crippen MR) is 83.5 cm³/mol. The number of nitrogens with one attached hydrogen (secondary N) is 1. The van der Waals surface area contributed by atoms with Gasteiger partial charge in [-0.15, -0.1) is 0 Å². The summed E-state index contributed by atoms with van der Waals surface area (Å²) in [5.41, 5.74) is 0.539. The Morgan fingerprint density at radius 3 is 2.55 bits per heavy atom. The van der Waals surface area contributed by atoms with E-state index in [1.165, 1.54) is 12.1 Å². The first-order valence-electron chi connectivity index (χ1n) is 6.64. The molecular formula is C14H22ClN3O2. The minimum absolute atomic E-state index is 0.0573. The van der Waals surface area contributed by atoms with Gasteiger partial charge in [0, 0.05) is 23.7 Å². The van der Waals surface area contributed by atoms with Gasteiger partial charge in [-0.3, -0.25) is 10.1 Å². The van der Waals surface area contributed by atoms with Gasteiger partial charge in [-0.1, -0.05) is 25.4 Å². The van der Waals surface area contributed by atoms with E-state index in [4.69, 9.17) is 11.6 Å². The molecule has 5 nitrogen and oxygen atoms in total. The van der Waals surface area contributed by atoms with Crippen LogP contribution in [0.1, 0.15) is 20.3 Å². The third-order valence-electron chi connectivity index (χ3n) is 2.86. The van der Waals surface area contributed by atoms with Gasteiger partial charge in [0.1, 0.15) is 5.69 Å². The zero-order chi connectivity index (χ0) is 15.3. The maximum atomic E-state index is 11.1. The lowest BCUT2D eigenvalue weighted by molar-refractivity contribution is -0.384. The highest BCUT2D eigenvalue weighted by molar-refractivity contribution is 6.31. The van der Waals surface area contributed by atoms with E-state index < -0.39 is 0 Å². The number of hydrogen-bond donors (Lipinski definition) is 1. The van der Waals surface area contributed by atoms with E-state index in [1.807, 2.05) is 14.1 Å². The van der Waals surface area contributed by atoms with Crippen LogP contribution in [-0.4, -0.2) is 36.5 Å². The summed E-state index contributed by atoms with van der Waals surface area (Å²) in [5.74, 6) is 0.505. The maximum Gasteiger partial charge on any atom is 0.292 e. The van der Waals surface area contributed by atoms with Crippen LogP contribution in [0.15, 0.2) is 18.2 Å². The fourth-order valence-electron chi connectivity index (χ4n) is 2.19. The van der Waals surface area contributed by atoms with Crippen LogP contribution in [0.4, 0.5) is 11.4 Å². The minimum Gasteiger partial charge on any atom is -0.375 e. The number of nitro benzene ring substituents is 1. The number of likely N-dealkylation sites (N-methyl/N-ethyl adjacent to an activating group) is 1. The van der Waals surface area contributed by atoms with E-state index in [9.17, 15) is 10.1 Å². The quantitative estimate of drug-likeness (QED) is 0.617. The third-order valence-corrected chi connectivity index (χ3v) is 3.09. The topological polar surface area (TPSA) is 58.4 Å². The van der Waals surface area contributed by atoms with E-state index >= 15 is 0 Å². The Labute approximate surface area is 125 Å². The van der Waals surface area contributed by atoms with Gasteiger partial charge in [0.25, 0.3) is 5.69 Å². The summed E-state index contributed by atoms with van der Waals surface area (Å²) in [5, 5.41) is 14.8. The van der Waals surface area contributed by atoms with Crippen molar-refractivity contribution in [1.82, 2.24) is 4.90 Å². The van der Waals surface area contributed by atoms with Crippen molar-refractivity contribution < 1.29 is 4.92 Å². The summed E-state index contributed by atoms with van der Waals surface area (Å²) in [6, 6.07) is 4.73. The summed E-state index contributed by atoms with van der Waals surface area (Å²) in [6.07, 6.45) is 0.932. The second-order valence-corrected chi connectivity index (χ2v) is 6.09. The Hall–Kier alpha value is -1.33. The van der Waals surface area contributed by atoms with E-state index in [-0.39, 0.29) is 16.7 Å². The second-order valence-electron chi connectivity index (χ2n) is 5.65. The number of anilines is 1. The Morgan fingerprint density at radius 1 is 1.40 bits per heavy atom. The van der Waals surface area contributed by atoms with Crippen LogP contribution < -0.4 is 5.32 Å². The average Bonchev–Trinajstić information content (AvgIpc) is 2.26. The molecule has 0 aliphatic heterocycles. The highest BCUT2D eigenvalue weighted by Crippen LogP contribution is 2.29. The summed E-state index contributed by atoms with van der Waals surface area (Å²) in [4.78, 5) is 12.7. The van der Waals surface area contributed by atoms with E-state index in [0.29, 0.717) is 16.6 Å². The van der Waals surface area contributed by atoms with Gasteiger partial charge < -0.3 is 10.2 Å². The minimum atomic E-state index is -0.388. The molecule has 1 unspecified atom stereocenters. The highest BCUT2D eigenvalue weighted by Gasteiger charge is 2.19. The maximum absolute atomic E-state index is 11.1. The molecule has 0 radical (unpaired) electrons. The van der Waals surface area contributed by atoms with Gasteiger partial charge in [0.15, 0.2) is 0 Å². The van der Waals surface area contributed by atoms with Gasteiger partial charge in [-0.05, 0) is 38.6 Å². The van der Waals surface area contributed by atoms with Crippen molar-refractivity contribution in [2.24, 2.45) is 5.92 Å². The van der Waals surface area contributed by atoms with E-state index in [0.717, 1.165) is 13.0 Å². The SMILES string of the molecule is CC(C)CC(CN(C)C)Nc1cc(Cl)ccc1[N+](=O)[O-]. The zero-order valence-electron chi connectivity index (χ0n) is 12.4. The summed E-state index contributed by atoms with van der Waals surface area (Å²) < 4.78 is 0. The van der Waals surface area contributed by atoms with E-state index in [2.05, 4.69) is 24.1 Å². The highest BCUT2D eigenvalue weighted by atomic mass is 35.5. The Kier molecular flexibility index (Phi) is 6.23. The molecule has 1 aromatic carbocycles. The van der Waals surface area contributed by atoms with Gasteiger partial charge in [0.2, 0.25) is 0 Å². The fourth-order valence-corrected chi connectivity index (χ4v) is 2.36. The number of rotatable bonds is 7. The molecular weight excluding hydrogens is 278 g/mol. The molecule has 6 heteroatoms. The van der Waals surface area contributed by atoms with Crippen molar-refractivity contribution in [1.29, 1.82) is 0 Å². The third kappa shape index (κ3) is 5.35. The van der Waals surface area contributed by atoms with Crippen LogP contribution in [0.25, 0.3) is 0 Å². The molecule has 1 N–H and O–H groups in total. The lowest BCUT2D eigenvalue weighted by Crippen LogP contribution is -2.33. The Morgan fingerprint density at radius 2 is 2.05 bits per heavy atom. The Bertz CT molecular complexity index is 454. The summed E-state index contributed by atoms with van der Waals surface area (Å²) >= 11 is 5.94. The lowest BCUT2D eigenvalue weighted by Gasteiger charge is -2.24. The van der Waals surface area contributed by atoms with Gasteiger partial charge in [0.05, 0.1) is 4.92 Å². The lowest BCUT2D eigenvalue weighted by atomic mass is 10.0. The predicted octanol–water partition coefficient (Wildman–Crippen LogP) is 3.64. The first-order chi connectivity index (χ1) is 9.29. The van der Waals surface area contributed by atoms with Gasteiger partial charge in [-0.25, -0.2) is 0 Å². The standard InChI is InChI=1S/C14H22ClN3O2/c1-10(2)7-12(9-17(3)4)16-13-8-11(15)5-6-14(13)18(19)20/h5-6,8,10,12,16H,7,9H2,1-4H3. The van der Waals surface area contributed by atoms with Crippen LogP contribution in [0.5, 0.6) is 0 Å². The monoisotopic (exact) mass is 299 g/mol. The molecule has 0 aliphatic rings. The molecule has 1 aromatic rings. The molecule has 20 heavy (non-hydrogen) atoms. The van der Waals surface area contributed by atoms with Crippen molar-refractivity contribution in [2.75, 3.05) is 26.0 Å². The molecule has 1 rings (SSSR count). The first-order valence-corrected chi connectivity index (χ1v) is 7.02. The van der Waals surface area contributed by atoms with Crippen LogP contribution >= 0.6 is 11.6 Å². The molecule has 0 aromatic heterocycles. The van der Waals surface area contributed by atoms with Crippen molar-refractivity contribution in [3.05, 3.63) is 33.3 Å². The zero-order valence-corrected chi connectivity index (χ0v) is 13.1. The van der Waals surface area contributed by atoms with Crippen LogP contribution in [0.3, 0.4) is 0 Å².